The minimum absolute atomic E-state index is 0.244. The van der Waals surface area contributed by atoms with E-state index < -0.39 is 11.6 Å². The summed E-state index contributed by atoms with van der Waals surface area (Å²) in [5, 5.41) is 9.46. The van der Waals surface area contributed by atoms with Crippen LogP contribution in [0.3, 0.4) is 0 Å². The third kappa shape index (κ3) is 6.55. The first-order valence-corrected chi connectivity index (χ1v) is 13.2. The van der Waals surface area contributed by atoms with Crippen LogP contribution in [0.15, 0.2) is 71.2 Å². The van der Waals surface area contributed by atoms with Gasteiger partial charge in [-0.3, -0.25) is 9.59 Å². The van der Waals surface area contributed by atoms with Gasteiger partial charge in [0, 0.05) is 29.4 Å². The number of nitrogens with zero attached hydrogens (tertiary/aromatic N) is 1. The number of unbranched alkanes of at least 4 members (excludes halogenated alkanes) is 1. The zero-order valence-corrected chi connectivity index (χ0v) is 22.4. The molecule has 1 aliphatic rings. The Morgan fingerprint density at radius 3 is 2.33 bits per heavy atom. The Balaban J connectivity index is 1.48. The van der Waals surface area contributed by atoms with Crippen LogP contribution in [0.2, 0.25) is 0 Å². The highest BCUT2D eigenvalue weighted by molar-refractivity contribution is 9.10. The van der Waals surface area contributed by atoms with Crippen molar-refractivity contribution in [2.45, 2.75) is 58.1 Å². The van der Waals surface area contributed by atoms with Gasteiger partial charge in [-0.2, -0.15) is 0 Å². The summed E-state index contributed by atoms with van der Waals surface area (Å²) in [4.78, 5) is 26.3. The van der Waals surface area contributed by atoms with Crippen molar-refractivity contribution in [3.05, 3.63) is 99.0 Å². The van der Waals surface area contributed by atoms with E-state index in [1.807, 2.05) is 36.4 Å². The Labute approximate surface area is 221 Å². The topological polar surface area (TPSA) is 66.8 Å². The second-order valence-corrected chi connectivity index (χ2v) is 10.7. The number of benzene rings is 3. The Kier molecular flexibility index (Phi) is 8.14. The van der Waals surface area contributed by atoms with Gasteiger partial charge in [-0.1, -0.05) is 65.7 Å². The molecule has 188 valence electrons. The van der Waals surface area contributed by atoms with Gasteiger partial charge >= 0.3 is 5.97 Å². The number of halogens is 1. The van der Waals surface area contributed by atoms with E-state index in [0.717, 1.165) is 47.0 Å². The highest BCUT2D eigenvalue weighted by Gasteiger charge is 2.35. The lowest BCUT2D eigenvalue weighted by Crippen LogP contribution is -2.35. The van der Waals surface area contributed by atoms with Crippen molar-refractivity contribution in [3.8, 4) is 5.75 Å². The zero-order chi connectivity index (χ0) is 25.7. The summed E-state index contributed by atoms with van der Waals surface area (Å²) in [5.74, 6) is -0.551. The number of fused-ring (bicyclic) bond motifs is 1. The molecule has 0 aromatic heterocycles. The van der Waals surface area contributed by atoms with Crippen LogP contribution in [0.1, 0.15) is 59.3 Å². The minimum atomic E-state index is -1.03. The largest absolute Gasteiger partial charge is 0.487 e. The molecule has 3 aromatic rings. The molecule has 4 rings (SSSR count). The van der Waals surface area contributed by atoms with E-state index in [1.165, 1.54) is 16.0 Å². The van der Waals surface area contributed by atoms with E-state index in [2.05, 4.69) is 54.0 Å². The van der Waals surface area contributed by atoms with Gasteiger partial charge in [0.25, 0.3) is 5.91 Å². The average molecular weight is 550 g/mol. The summed E-state index contributed by atoms with van der Waals surface area (Å²) in [6.45, 7) is 4.13. The van der Waals surface area contributed by atoms with Crippen LogP contribution in [0.25, 0.3) is 0 Å². The molecule has 1 N–H and O–H groups in total. The molecule has 36 heavy (non-hydrogen) atoms. The summed E-state index contributed by atoms with van der Waals surface area (Å²) in [5.41, 5.74) is 4.39. The van der Waals surface area contributed by atoms with Crippen LogP contribution in [0, 0.1) is 0 Å². The smallest absolute Gasteiger partial charge is 0.323 e. The molecule has 0 radical (unpaired) electrons. The van der Waals surface area contributed by atoms with E-state index in [1.54, 1.807) is 6.07 Å². The lowest BCUT2D eigenvalue weighted by molar-refractivity contribution is -0.137. The fraction of sp³-hybridized carbons (Fsp3) is 0.333. The number of amides is 1. The number of rotatable bonds is 10. The maximum Gasteiger partial charge on any atom is 0.323 e. The Morgan fingerprint density at radius 2 is 1.67 bits per heavy atom. The van der Waals surface area contributed by atoms with Crippen molar-refractivity contribution in [1.82, 2.24) is 4.90 Å². The molecule has 5 nitrogen and oxygen atoms in total. The molecule has 0 fully saturated rings. The summed E-state index contributed by atoms with van der Waals surface area (Å²) >= 11 is 3.47. The molecule has 0 aliphatic carbocycles. The standard InChI is InChI=1S/C30H32BrNO4/c1-3-4-5-21-6-8-23(9-7-21)19-32(20-28(33)34)29(35)24-12-15-27-25(16-24)18-30(2,36-27)17-22-10-13-26(31)14-11-22/h6-16H,3-5,17-20H2,1-2H3,(H,33,34)/t30-/m1/s1. The Morgan fingerprint density at radius 1 is 1.00 bits per heavy atom. The quantitative estimate of drug-likeness (QED) is 0.315. The van der Waals surface area contributed by atoms with E-state index in [9.17, 15) is 14.7 Å². The van der Waals surface area contributed by atoms with Crippen LogP contribution in [0.4, 0.5) is 0 Å². The molecule has 0 unspecified atom stereocenters. The molecule has 0 spiro atoms. The molecule has 1 aliphatic heterocycles. The van der Waals surface area contributed by atoms with Crippen molar-refractivity contribution in [2.75, 3.05) is 6.54 Å². The first-order valence-electron chi connectivity index (χ1n) is 12.4. The van der Waals surface area contributed by atoms with Crippen molar-refractivity contribution in [2.24, 2.45) is 0 Å². The molecule has 1 heterocycles. The number of carboxylic acids is 1. The van der Waals surface area contributed by atoms with Crippen LogP contribution in [0.5, 0.6) is 5.75 Å². The fourth-order valence-electron chi connectivity index (χ4n) is 4.75. The molecule has 1 amide bonds. The summed E-state index contributed by atoms with van der Waals surface area (Å²) in [6.07, 6.45) is 4.72. The van der Waals surface area contributed by atoms with E-state index in [-0.39, 0.29) is 19.0 Å². The molecule has 3 aromatic carbocycles. The summed E-state index contributed by atoms with van der Waals surface area (Å²) in [6, 6.07) is 21.7. The molecule has 0 saturated carbocycles. The van der Waals surface area contributed by atoms with Gasteiger partial charge in [-0.25, -0.2) is 0 Å². The number of aryl methyl sites for hydroxylation is 1. The van der Waals surface area contributed by atoms with Crippen LogP contribution in [-0.2, 0) is 30.6 Å². The Bertz CT molecular complexity index is 1220. The first kappa shape index (κ1) is 26.0. The molecule has 1 atom stereocenters. The number of carbonyl (C=O) groups is 2. The molecule has 0 bridgehead atoms. The number of hydrogen-bond acceptors (Lipinski definition) is 3. The van der Waals surface area contributed by atoms with E-state index >= 15 is 0 Å². The van der Waals surface area contributed by atoms with Gasteiger partial charge in [-0.05, 0) is 72.4 Å². The molecular formula is C30H32BrNO4. The monoisotopic (exact) mass is 549 g/mol. The second-order valence-electron chi connectivity index (χ2n) is 9.83. The van der Waals surface area contributed by atoms with E-state index in [4.69, 9.17) is 4.74 Å². The van der Waals surface area contributed by atoms with Gasteiger partial charge in [0.05, 0.1) is 0 Å². The summed E-state index contributed by atoms with van der Waals surface area (Å²) < 4.78 is 7.33. The SMILES string of the molecule is CCCCc1ccc(CN(CC(=O)O)C(=O)c2ccc3c(c2)C[C@@](C)(Cc2ccc(Br)cc2)O3)cc1. The van der Waals surface area contributed by atoms with Gasteiger partial charge in [-0.15, -0.1) is 0 Å². The van der Waals surface area contributed by atoms with Crippen LogP contribution >= 0.6 is 15.9 Å². The average Bonchev–Trinajstić information content (AvgIpc) is 3.18. The first-order chi connectivity index (χ1) is 17.2. The maximum absolute atomic E-state index is 13.4. The van der Waals surface area contributed by atoms with E-state index in [0.29, 0.717) is 12.0 Å². The fourth-order valence-corrected chi connectivity index (χ4v) is 5.01. The van der Waals surface area contributed by atoms with Crippen LogP contribution in [-0.4, -0.2) is 34.0 Å². The molecule has 6 heteroatoms. The Hall–Kier alpha value is -3.12. The highest BCUT2D eigenvalue weighted by Crippen LogP contribution is 2.38. The number of hydrogen-bond donors (Lipinski definition) is 1. The van der Waals surface area contributed by atoms with Gasteiger partial charge in [0.1, 0.15) is 17.9 Å². The summed E-state index contributed by atoms with van der Waals surface area (Å²) in [7, 11) is 0. The third-order valence-electron chi connectivity index (χ3n) is 6.55. The van der Waals surface area contributed by atoms with Gasteiger partial charge in [0.15, 0.2) is 0 Å². The van der Waals surface area contributed by atoms with Gasteiger partial charge < -0.3 is 14.7 Å². The number of aliphatic carboxylic acids is 1. The van der Waals surface area contributed by atoms with Crippen molar-refractivity contribution >= 4 is 27.8 Å². The maximum atomic E-state index is 13.4. The number of ether oxygens (including phenoxy) is 1. The lowest BCUT2D eigenvalue weighted by Gasteiger charge is -2.24. The number of carboxylic acid groups (broad SMARTS) is 1. The van der Waals surface area contributed by atoms with Crippen molar-refractivity contribution in [3.63, 3.8) is 0 Å². The normalized spacial score (nSPS) is 16.3. The predicted octanol–water partition coefficient (Wildman–Crippen LogP) is 6.46. The second kappa shape index (κ2) is 11.3. The van der Waals surface area contributed by atoms with Crippen molar-refractivity contribution in [1.29, 1.82) is 0 Å². The minimum Gasteiger partial charge on any atom is -0.487 e. The lowest BCUT2D eigenvalue weighted by atomic mass is 9.91. The zero-order valence-electron chi connectivity index (χ0n) is 20.8. The molecule has 0 saturated heterocycles. The predicted molar refractivity (Wildman–Crippen MR) is 144 cm³/mol. The van der Waals surface area contributed by atoms with Crippen LogP contribution < -0.4 is 4.74 Å². The molecular weight excluding hydrogens is 518 g/mol. The third-order valence-corrected chi connectivity index (χ3v) is 7.08. The highest BCUT2D eigenvalue weighted by atomic mass is 79.9. The van der Waals surface area contributed by atoms with Gasteiger partial charge in [0.2, 0.25) is 0 Å². The number of carbonyl (C=O) groups excluding carboxylic acids is 1. The van der Waals surface area contributed by atoms with Crippen molar-refractivity contribution < 1.29 is 19.4 Å².